The molecular formula is C22H30N4OS2. The van der Waals surface area contributed by atoms with Crippen molar-refractivity contribution in [3.63, 3.8) is 0 Å². The Balaban J connectivity index is 2.02. The van der Waals surface area contributed by atoms with Crippen molar-refractivity contribution >= 4 is 23.6 Å². The molecule has 1 aromatic heterocycles. The highest BCUT2D eigenvalue weighted by Crippen LogP contribution is 2.58. The van der Waals surface area contributed by atoms with Gasteiger partial charge < -0.3 is 14.9 Å². The molecule has 0 bridgehead atoms. The van der Waals surface area contributed by atoms with Crippen LogP contribution in [0.4, 0.5) is 0 Å². The highest BCUT2D eigenvalue weighted by molar-refractivity contribution is 7.90. The Labute approximate surface area is 181 Å². The molecule has 1 spiro atoms. The second-order valence-electron chi connectivity index (χ2n) is 9.32. The highest BCUT2D eigenvalue weighted by atomic mass is 32.2. The van der Waals surface area contributed by atoms with Crippen LogP contribution < -0.4 is 10.0 Å². The van der Waals surface area contributed by atoms with Gasteiger partial charge in [-0.2, -0.15) is 0 Å². The lowest BCUT2D eigenvalue weighted by Gasteiger charge is -2.49. The summed E-state index contributed by atoms with van der Waals surface area (Å²) in [7, 11) is 0. The van der Waals surface area contributed by atoms with Crippen molar-refractivity contribution in [1.82, 2.24) is 20.0 Å². The van der Waals surface area contributed by atoms with Gasteiger partial charge >= 0.3 is 0 Å². The van der Waals surface area contributed by atoms with Crippen LogP contribution in [-0.4, -0.2) is 32.4 Å². The van der Waals surface area contributed by atoms with Crippen LogP contribution in [-0.2, 0) is 23.3 Å². The Morgan fingerprint density at radius 2 is 1.90 bits per heavy atom. The van der Waals surface area contributed by atoms with E-state index in [9.17, 15) is 4.55 Å². The van der Waals surface area contributed by atoms with E-state index in [0.717, 1.165) is 43.7 Å². The van der Waals surface area contributed by atoms with E-state index in [2.05, 4.69) is 39.3 Å². The van der Waals surface area contributed by atoms with E-state index in [1.165, 1.54) is 11.1 Å². The SMILES string of the molecule is Cc1[nH]c(=S)cnc1[C@@]1(N[S+]([O-])C(C)(C)C)c2ccccc2CC12CCNCC2. The summed E-state index contributed by atoms with van der Waals surface area (Å²) in [4.78, 5) is 8.17. The highest BCUT2D eigenvalue weighted by Gasteiger charge is 2.63. The zero-order chi connectivity index (χ0) is 20.9. The third-order valence-corrected chi connectivity index (χ3v) is 8.25. The average Bonchev–Trinajstić information content (AvgIpc) is 2.91. The summed E-state index contributed by atoms with van der Waals surface area (Å²) in [5.74, 6) is 0. The predicted molar refractivity (Wildman–Crippen MR) is 121 cm³/mol. The zero-order valence-electron chi connectivity index (χ0n) is 17.6. The third kappa shape index (κ3) is 3.37. The van der Waals surface area contributed by atoms with Crippen molar-refractivity contribution in [2.24, 2.45) is 5.41 Å². The standard InChI is InChI=1S/C22H30N4OS2/c1-15-19(24-14-18(28)25-15)22(26-29(27)20(2,3)4)17-8-6-5-7-16(17)13-21(22)9-11-23-12-10-21/h5-8,14,23,26H,9-13H2,1-4H3,(H,25,28)/t22-,29?/m0/s1. The fourth-order valence-corrected chi connectivity index (χ4v) is 6.25. The first-order valence-corrected chi connectivity index (χ1v) is 11.8. The van der Waals surface area contributed by atoms with E-state index < -0.39 is 21.6 Å². The molecule has 2 aliphatic rings. The molecule has 0 amide bonds. The lowest BCUT2D eigenvalue weighted by molar-refractivity contribution is 0.103. The normalized spacial score (nSPS) is 24.4. The third-order valence-electron chi connectivity index (χ3n) is 6.44. The lowest BCUT2D eigenvalue weighted by Crippen LogP contribution is -2.61. The summed E-state index contributed by atoms with van der Waals surface area (Å²) in [6, 6.07) is 8.57. The van der Waals surface area contributed by atoms with Gasteiger partial charge in [-0.1, -0.05) is 36.5 Å². The largest absolute Gasteiger partial charge is 0.598 e. The first-order chi connectivity index (χ1) is 13.7. The Bertz CT molecular complexity index is 962. The average molecular weight is 431 g/mol. The number of rotatable bonds is 3. The van der Waals surface area contributed by atoms with Crippen LogP contribution in [0.1, 0.15) is 56.1 Å². The molecule has 2 aromatic rings. The van der Waals surface area contributed by atoms with Gasteiger partial charge in [-0.3, -0.25) is 4.98 Å². The van der Waals surface area contributed by atoms with Gasteiger partial charge in [0, 0.05) is 22.5 Å². The van der Waals surface area contributed by atoms with Gasteiger partial charge in [0.1, 0.15) is 14.9 Å². The minimum absolute atomic E-state index is 0.0998. The molecule has 3 N–H and O–H groups in total. The zero-order valence-corrected chi connectivity index (χ0v) is 19.2. The predicted octanol–water partition coefficient (Wildman–Crippen LogP) is 3.67. The molecule has 1 unspecified atom stereocenters. The van der Waals surface area contributed by atoms with E-state index >= 15 is 0 Å². The van der Waals surface area contributed by atoms with Crippen molar-refractivity contribution in [2.75, 3.05) is 13.1 Å². The summed E-state index contributed by atoms with van der Waals surface area (Å²) in [6.45, 7) is 9.95. The first kappa shape index (κ1) is 21.0. The van der Waals surface area contributed by atoms with Gasteiger partial charge in [-0.25, -0.2) is 0 Å². The number of benzene rings is 1. The molecule has 0 radical (unpaired) electrons. The van der Waals surface area contributed by atoms with E-state index in [-0.39, 0.29) is 5.41 Å². The molecule has 1 fully saturated rings. The number of nitrogens with one attached hydrogen (secondary N) is 3. The molecule has 0 saturated carbocycles. The molecule has 1 aromatic carbocycles. The van der Waals surface area contributed by atoms with Crippen LogP contribution in [0.2, 0.25) is 0 Å². The van der Waals surface area contributed by atoms with E-state index in [1.807, 2.05) is 27.7 Å². The molecular weight excluding hydrogens is 400 g/mol. The molecule has 1 aliphatic heterocycles. The number of nitrogens with zero attached hydrogens (tertiary/aromatic N) is 1. The summed E-state index contributed by atoms with van der Waals surface area (Å²) < 4.78 is 17.4. The molecule has 2 atom stereocenters. The van der Waals surface area contributed by atoms with Crippen LogP contribution in [0.3, 0.4) is 0 Å². The second-order valence-corrected chi connectivity index (χ2v) is 11.7. The maximum atomic E-state index is 13.5. The number of hydrogen-bond donors (Lipinski definition) is 3. The van der Waals surface area contributed by atoms with Crippen molar-refractivity contribution in [3.8, 4) is 0 Å². The molecule has 7 heteroatoms. The monoisotopic (exact) mass is 430 g/mol. The Morgan fingerprint density at radius 3 is 2.55 bits per heavy atom. The molecule has 4 rings (SSSR count). The summed E-state index contributed by atoms with van der Waals surface area (Å²) in [5, 5.41) is 3.51. The molecule has 1 aliphatic carbocycles. The molecule has 2 heterocycles. The number of aromatic amines is 1. The number of piperidine rings is 1. The van der Waals surface area contributed by atoms with Crippen LogP contribution in [0.5, 0.6) is 0 Å². The van der Waals surface area contributed by atoms with Crippen molar-refractivity contribution < 1.29 is 4.55 Å². The number of aryl methyl sites for hydroxylation is 1. The van der Waals surface area contributed by atoms with Crippen molar-refractivity contribution in [3.05, 3.63) is 57.6 Å². The van der Waals surface area contributed by atoms with Crippen LogP contribution in [0.15, 0.2) is 30.5 Å². The number of H-pyrrole nitrogens is 1. The van der Waals surface area contributed by atoms with Gasteiger partial charge in [0.2, 0.25) is 0 Å². The molecule has 29 heavy (non-hydrogen) atoms. The summed E-state index contributed by atoms with van der Waals surface area (Å²) in [5.41, 5.74) is 3.63. The molecule has 5 nitrogen and oxygen atoms in total. The van der Waals surface area contributed by atoms with Crippen LogP contribution >= 0.6 is 12.2 Å². The fraction of sp³-hybridized carbons (Fsp3) is 0.545. The maximum absolute atomic E-state index is 13.5. The lowest BCUT2D eigenvalue weighted by atomic mass is 9.63. The van der Waals surface area contributed by atoms with Gasteiger partial charge in [0.25, 0.3) is 0 Å². The quantitative estimate of drug-likeness (QED) is 0.512. The van der Waals surface area contributed by atoms with Gasteiger partial charge in [0.05, 0.1) is 11.9 Å². The smallest absolute Gasteiger partial charge is 0.138 e. The van der Waals surface area contributed by atoms with Gasteiger partial charge in [0.15, 0.2) is 0 Å². The Hall–Kier alpha value is -1.25. The molecule has 1 saturated heterocycles. The van der Waals surface area contributed by atoms with Crippen molar-refractivity contribution in [2.45, 2.75) is 57.2 Å². The van der Waals surface area contributed by atoms with Gasteiger partial charge in [-0.15, -0.1) is 4.72 Å². The topological polar surface area (TPSA) is 75.8 Å². The van der Waals surface area contributed by atoms with E-state index in [4.69, 9.17) is 17.2 Å². The Morgan fingerprint density at radius 1 is 1.21 bits per heavy atom. The maximum Gasteiger partial charge on any atom is 0.138 e. The fourth-order valence-electron chi connectivity index (χ4n) is 5.04. The van der Waals surface area contributed by atoms with E-state index in [1.54, 1.807) is 6.20 Å². The summed E-state index contributed by atoms with van der Waals surface area (Å²) >= 11 is 4.07. The molecule has 156 valence electrons. The van der Waals surface area contributed by atoms with Crippen LogP contribution in [0, 0.1) is 17.0 Å². The van der Waals surface area contributed by atoms with Crippen LogP contribution in [0.25, 0.3) is 0 Å². The first-order valence-electron chi connectivity index (χ1n) is 10.2. The second kappa shape index (κ2) is 7.46. The van der Waals surface area contributed by atoms with Crippen molar-refractivity contribution in [1.29, 1.82) is 0 Å². The minimum Gasteiger partial charge on any atom is -0.598 e. The van der Waals surface area contributed by atoms with E-state index in [0.29, 0.717) is 4.64 Å². The summed E-state index contributed by atoms with van der Waals surface area (Å²) in [6.07, 6.45) is 4.66. The number of aromatic nitrogens is 2. The van der Waals surface area contributed by atoms with Gasteiger partial charge in [-0.05, 0) is 71.2 Å². The minimum atomic E-state index is -1.27. The Kier molecular flexibility index (Phi) is 5.40. The number of hydrogen-bond acceptors (Lipinski definition) is 5. The number of fused-ring (bicyclic) bond motifs is 1.